The summed E-state index contributed by atoms with van der Waals surface area (Å²) < 4.78 is 80.6. The topological polar surface area (TPSA) is 43.9 Å². The summed E-state index contributed by atoms with van der Waals surface area (Å²) in [6.07, 6.45) is -9.08. The first-order chi connectivity index (χ1) is 17.6. The van der Waals surface area contributed by atoms with Crippen molar-refractivity contribution < 1.29 is 35.9 Å². The molecule has 0 unspecified atom stereocenters. The average molecular weight is 542 g/mol. The van der Waals surface area contributed by atoms with Gasteiger partial charge in [0.25, 0.3) is 0 Å². The number of hydrogen-bond donors (Lipinski definition) is 0. The largest absolute Gasteiger partial charge is 0.416 e. The molecule has 3 amide bonds. The molecule has 2 aliphatic heterocycles. The molecule has 0 bridgehead atoms. The first-order valence-corrected chi connectivity index (χ1v) is 12.3. The van der Waals surface area contributed by atoms with Crippen molar-refractivity contribution in [1.82, 2.24) is 14.7 Å². The highest BCUT2D eigenvalue weighted by Gasteiger charge is 2.46. The maximum absolute atomic E-state index is 13.8. The summed E-state index contributed by atoms with van der Waals surface area (Å²) in [6.45, 7) is 5.76. The number of halogens is 6. The Morgan fingerprint density at radius 3 is 2.18 bits per heavy atom. The Balaban J connectivity index is 1.71. The molecular weight excluding hydrogens is 512 g/mol. The van der Waals surface area contributed by atoms with Crippen LogP contribution in [0.25, 0.3) is 0 Å². The SMILES string of the molecule is Cc1cccc([C@H]2[C@@H]3CCC(=O)N3CCN2C(=O)N(C)[C@H](C)c2cc(C(F)(F)F)cc(C(F)(F)F)c2)c1C. The van der Waals surface area contributed by atoms with Crippen LogP contribution in [0.15, 0.2) is 36.4 Å². The average Bonchev–Trinajstić information content (AvgIpc) is 3.23. The van der Waals surface area contributed by atoms with Crippen LogP contribution in [-0.2, 0) is 17.1 Å². The van der Waals surface area contributed by atoms with E-state index in [0.717, 1.165) is 16.7 Å². The second kappa shape index (κ2) is 9.81. The minimum Gasteiger partial charge on any atom is -0.335 e. The molecule has 38 heavy (non-hydrogen) atoms. The fourth-order valence-electron chi connectivity index (χ4n) is 5.43. The number of urea groups is 1. The van der Waals surface area contributed by atoms with Crippen LogP contribution in [-0.4, -0.2) is 52.8 Å². The summed E-state index contributed by atoms with van der Waals surface area (Å²) in [5.41, 5.74) is -0.312. The van der Waals surface area contributed by atoms with E-state index in [9.17, 15) is 35.9 Å². The normalized spacial score (nSPS) is 20.9. The van der Waals surface area contributed by atoms with E-state index in [2.05, 4.69) is 0 Å². The lowest BCUT2D eigenvalue weighted by atomic mass is 9.89. The Bertz CT molecular complexity index is 1210. The third-order valence-corrected chi connectivity index (χ3v) is 7.84. The van der Waals surface area contributed by atoms with E-state index in [-0.39, 0.29) is 30.1 Å². The molecule has 0 saturated carbocycles. The van der Waals surface area contributed by atoms with Gasteiger partial charge in [-0.3, -0.25) is 4.79 Å². The lowest BCUT2D eigenvalue weighted by Gasteiger charge is -2.47. The number of benzene rings is 2. The highest BCUT2D eigenvalue weighted by atomic mass is 19.4. The molecule has 2 aliphatic rings. The lowest BCUT2D eigenvalue weighted by molar-refractivity contribution is -0.143. The number of rotatable bonds is 3. The maximum Gasteiger partial charge on any atom is 0.416 e. The Labute approximate surface area is 217 Å². The highest BCUT2D eigenvalue weighted by Crippen LogP contribution is 2.41. The number of carbonyl (C=O) groups is 2. The number of aryl methyl sites for hydroxylation is 1. The van der Waals surface area contributed by atoms with Gasteiger partial charge in [0, 0.05) is 26.6 Å². The molecule has 2 aromatic carbocycles. The number of amides is 3. The summed E-state index contributed by atoms with van der Waals surface area (Å²) in [5, 5.41) is 0. The van der Waals surface area contributed by atoms with Crippen LogP contribution >= 0.6 is 0 Å². The number of fused-ring (bicyclic) bond motifs is 1. The monoisotopic (exact) mass is 541 g/mol. The van der Waals surface area contributed by atoms with Gasteiger partial charge in [0.15, 0.2) is 0 Å². The van der Waals surface area contributed by atoms with Gasteiger partial charge in [-0.15, -0.1) is 0 Å². The van der Waals surface area contributed by atoms with E-state index in [4.69, 9.17) is 0 Å². The molecule has 0 spiro atoms. The summed E-state index contributed by atoms with van der Waals surface area (Å²) in [5.74, 6) is 0.00257. The van der Waals surface area contributed by atoms with Crippen molar-refractivity contribution in [3.8, 4) is 0 Å². The summed E-state index contributed by atoms with van der Waals surface area (Å²) in [7, 11) is 1.37. The Hall–Kier alpha value is -3.24. The molecule has 0 aliphatic carbocycles. The molecule has 2 heterocycles. The minimum atomic E-state index is -4.99. The van der Waals surface area contributed by atoms with Crippen LogP contribution in [0.5, 0.6) is 0 Å². The van der Waals surface area contributed by atoms with Gasteiger partial charge in [-0.05, 0) is 67.6 Å². The zero-order valence-electron chi connectivity index (χ0n) is 21.5. The van der Waals surface area contributed by atoms with Crippen LogP contribution in [0.4, 0.5) is 31.1 Å². The molecule has 4 rings (SSSR count). The van der Waals surface area contributed by atoms with Crippen LogP contribution < -0.4 is 0 Å². The zero-order valence-corrected chi connectivity index (χ0v) is 21.5. The number of piperazine rings is 1. The predicted molar refractivity (Wildman–Crippen MR) is 128 cm³/mol. The lowest BCUT2D eigenvalue weighted by Crippen LogP contribution is -2.57. The highest BCUT2D eigenvalue weighted by molar-refractivity contribution is 5.81. The standard InChI is InChI=1S/C27H29F6N3O2/c1-15-6-5-7-21(16(15)2)24-22-8-9-23(37)35(22)10-11-36(24)25(38)34(4)17(3)18-12-19(26(28,29)30)14-20(13-18)27(31,32)33/h5-7,12-14,17,22,24H,8-11H2,1-4H3/t17-,22+,24+/m1/s1. The number of hydrogen-bond acceptors (Lipinski definition) is 2. The van der Waals surface area contributed by atoms with E-state index >= 15 is 0 Å². The predicted octanol–water partition coefficient (Wildman–Crippen LogP) is 6.50. The third-order valence-electron chi connectivity index (χ3n) is 7.84. The van der Waals surface area contributed by atoms with E-state index in [1.165, 1.54) is 18.9 Å². The van der Waals surface area contributed by atoms with Crippen LogP contribution in [0, 0.1) is 13.8 Å². The van der Waals surface area contributed by atoms with Crippen molar-refractivity contribution in [1.29, 1.82) is 0 Å². The fraction of sp³-hybridized carbons (Fsp3) is 0.481. The number of nitrogens with zero attached hydrogens (tertiary/aromatic N) is 3. The molecule has 11 heteroatoms. The fourth-order valence-corrected chi connectivity index (χ4v) is 5.43. The first-order valence-electron chi connectivity index (χ1n) is 12.3. The van der Waals surface area contributed by atoms with Gasteiger partial charge in [0.05, 0.1) is 29.3 Å². The van der Waals surface area contributed by atoms with Gasteiger partial charge in [-0.1, -0.05) is 18.2 Å². The van der Waals surface area contributed by atoms with Gasteiger partial charge >= 0.3 is 18.4 Å². The van der Waals surface area contributed by atoms with Crippen molar-refractivity contribution in [3.63, 3.8) is 0 Å². The van der Waals surface area contributed by atoms with Crippen molar-refractivity contribution >= 4 is 11.9 Å². The molecule has 2 fully saturated rings. The molecular formula is C27H29F6N3O2. The quantitative estimate of drug-likeness (QED) is 0.417. The van der Waals surface area contributed by atoms with Crippen LogP contribution in [0.1, 0.15) is 65.2 Å². The van der Waals surface area contributed by atoms with Crippen LogP contribution in [0.3, 0.4) is 0 Å². The molecule has 2 aromatic rings. The molecule has 5 nitrogen and oxygen atoms in total. The second-order valence-electron chi connectivity index (χ2n) is 10.0. The molecule has 3 atom stereocenters. The van der Waals surface area contributed by atoms with Gasteiger partial charge in [-0.2, -0.15) is 26.3 Å². The smallest absolute Gasteiger partial charge is 0.335 e. The van der Waals surface area contributed by atoms with Gasteiger partial charge < -0.3 is 14.7 Å². The summed E-state index contributed by atoms with van der Waals surface area (Å²) in [6, 6.07) is 4.69. The Kier molecular flexibility index (Phi) is 7.18. The third kappa shape index (κ3) is 5.07. The second-order valence-corrected chi connectivity index (χ2v) is 10.0. The molecule has 206 valence electrons. The molecule has 0 aromatic heterocycles. The van der Waals surface area contributed by atoms with Gasteiger partial charge in [0.1, 0.15) is 0 Å². The number of alkyl halides is 6. The van der Waals surface area contributed by atoms with Gasteiger partial charge in [0.2, 0.25) is 5.91 Å². The van der Waals surface area contributed by atoms with E-state index in [1.54, 1.807) is 9.80 Å². The first kappa shape index (κ1) is 27.8. The number of carbonyl (C=O) groups excluding carboxylic acids is 2. The summed E-state index contributed by atoms with van der Waals surface area (Å²) in [4.78, 5) is 30.9. The van der Waals surface area contributed by atoms with Crippen molar-refractivity contribution in [2.24, 2.45) is 0 Å². The zero-order chi connectivity index (χ0) is 28.2. The van der Waals surface area contributed by atoms with E-state index < -0.39 is 41.6 Å². The summed E-state index contributed by atoms with van der Waals surface area (Å²) >= 11 is 0. The van der Waals surface area contributed by atoms with Crippen molar-refractivity contribution in [3.05, 3.63) is 69.8 Å². The van der Waals surface area contributed by atoms with E-state index in [0.29, 0.717) is 31.5 Å². The van der Waals surface area contributed by atoms with Crippen molar-refractivity contribution in [2.45, 2.75) is 64.1 Å². The van der Waals surface area contributed by atoms with Gasteiger partial charge in [-0.25, -0.2) is 4.79 Å². The Morgan fingerprint density at radius 2 is 1.61 bits per heavy atom. The molecule has 0 N–H and O–H groups in total. The van der Waals surface area contributed by atoms with E-state index in [1.807, 2.05) is 32.0 Å². The maximum atomic E-state index is 13.8. The van der Waals surface area contributed by atoms with Crippen LogP contribution in [0.2, 0.25) is 0 Å². The molecule has 2 saturated heterocycles. The Morgan fingerprint density at radius 1 is 1.00 bits per heavy atom. The minimum absolute atomic E-state index is 0.00257. The molecule has 0 radical (unpaired) electrons. The van der Waals surface area contributed by atoms with Crippen molar-refractivity contribution in [2.75, 3.05) is 20.1 Å².